The van der Waals surface area contributed by atoms with Gasteiger partial charge in [0.2, 0.25) is 0 Å². The van der Waals surface area contributed by atoms with Crippen LogP contribution in [-0.4, -0.2) is 22.3 Å². The lowest BCUT2D eigenvalue weighted by Gasteiger charge is -2.25. The molecule has 1 aliphatic rings. The highest BCUT2D eigenvalue weighted by Gasteiger charge is 2.31. The average Bonchev–Trinajstić information content (AvgIpc) is 2.96. The highest BCUT2D eigenvalue weighted by Crippen LogP contribution is 2.32. The van der Waals surface area contributed by atoms with E-state index in [1.165, 1.54) is 6.07 Å². The first-order chi connectivity index (χ1) is 9.16. The maximum Gasteiger partial charge on any atom is 0.196 e. The van der Waals surface area contributed by atoms with Crippen LogP contribution in [0.1, 0.15) is 11.6 Å². The lowest BCUT2D eigenvalue weighted by molar-refractivity contribution is 0.619. The van der Waals surface area contributed by atoms with Crippen molar-refractivity contribution in [3.8, 4) is 0 Å². The van der Waals surface area contributed by atoms with Crippen LogP contribution >= 0.6 is 0 Å². The second-order valence-corrected chi connectivity index (χ2v) is 4.48. The molecule has 0 fully saturated rings. The topological polar surface area (TPSA) is 59.4 Å². The smallest absolute Gasteiger partial charge is 0.196 e. The molecule has 0 spiro atoms. The number of benzene rings is 1. The van der Waals surface area contributed by atoms with E-state index in [-0.39, 0.29) is 11.9 Å². The summed E-state index contributed by atoms with van der Waals surface area (Å²) in [5, 5.41) is 4.14. The zero-order valence-electron chi connectivity index (χ0n) is 10.5. The quantitative estimate of drug-likeness (QED) is 0.887. The van der Waals surface area contributed by atoms with Gasteiger partial charge >= 0.3 is 0 Å². The third-order valence-corrected chi connectivity index (χ3v) is 3.21. The number of aryl methyl sites for hydroxylation is 1. The predicted molar refractivity (Wildman–Crippen MR) is 71.3 cm³/mol. The number of aromatic nitrogens is 2. The van der Waals surface area contributed by atoms with Crippen LogP contribution in [0.2, 0.25) is 0 Å². The molecule has 98 valence electrons. The van der Waals surface area contributed by atoms with Crippen LogP contribution in [0.15, 0.2) is 41.7 Å². The van der Waals surface area contributed by atoms with Gasteiger partial charge in [-0.3, -0.25) is 9.67 Å². The number of halogens is 1. The van der Waals surface area contributed by atoms with Crippen molar-refractivity contribution in [3.63, 3.8) is 0 Å². The fraction of sp³-hybridized carbons (Fsp3) is 0.231. The highest BCUT2D eigenvalue weighted by molar-refractivity contribution is 5.97. The molecule has 3 rings (SSSR count). The predicted octanol–water partition coefficient (Wildman–Crippen LogP) is 1.44. The monoisotopic (exact) mass is 259 g/mol. The van der Waals surface area contributed by atoms with Gasteiger partial charge in [0.05, 0.1) is 24.5 Å². The van der Waals surface area contributed by atoms with Gasteiger partial charge in [0, 0.05) is 18.8 Å². The number of aliphatic imine (C=N–C) groups is 1. The molecule has 1 atom stereocenters. The van der Waals surface area contributed by atoms with Gasteiger partial charge in [0.25, 0.3) is 0 Å². The van der Waals surface area contributed by atoms with Crippen LogP contribution in [0.4, 0.5) is 10.1 Å². The Morgan fingerprint density at radius 2 is 2.16 bits per heavy atom. The van der Waals surface area contributed by atoms with Crippen molar-refractivity contribution in [1.29, 1.82) is 0 Å². The van der Waals surface area contributed by atoms with E-state index in [1.807, 2.05) is 13.2 Å². The zero-order valence-corrected chi connectivity index (χ0v) is 10.5. The Morgan fingerprint density at radius 3 is 2.84 bits per heavy atom. The van der Waals surface area contributed by atoms with Crippen LogP contribution in [0.3, 0.4) is 0 Å². The summed E-state index contributed by atoms with van der Waals surface area (Å²) in [5.74, 6) is 0.0235. The van der Waals surface area contributed by atoms with Crippen molar-refractivity contribution in [2.45, 2.75) is 6.04 Å². The molecule has 0 saturated heterocycles. The third-order valence-electron chi connectivity index (χ3n) is 3.21. The number of anilines is 1. The van der Waals surface area contributed by atoms with Crippen LogP contribution in [0.25, 0.3) is 0 Å². The van der Waals surface area contributed by atoms with E-state index in [2.05, 4.69) is 10.1 Å². The standard InChI is InChI=1S/C13H14FN5/c1-18-8-9(6-17-18)12-7-16-13(15)19(12)11-5-3-2-4-10(11)14/h2-6,8,12H,7H2,1H3,(H2,15,16). The van der Waals surface area contributed by atoms with Crippen LogP contribution < -0.4 is 10.6 Å². The van der Waals surface area contributed by atoms with Crippen molar-refractivity contribution >= 4 is 11.6 Å². The van der Waals surface area contributed by atoms with Crippen LogP contribution in [0, 0.1) is 5.82 Å². The molecule has 2 heterocycles. The minimum absolute atomic E-state index is 0.106. The van der Waals surface area contributed by atoms with E-state index in [1.54, 1.807) is 34.0 Å². The van der Waals surface area contributed by atoms with Gasteiger partial charge in [0.1, 0.15) is 5.82 Å². The molecule has 1 aromatic carbocycles. The van der Waals surface area contributed by atoms with Crippen molar-refractivity contribution in [1.82, 2.24) is 9.78 Å². The number of guanidine groups is 1. The Hall–Kier alpha value is -2.37. The number of nitrogens with two attached hydrogens (primary N) is 1. The number of rotatable bonds is 2. The summed E-state index contributed by atoms with van der Waals surface area (Å²) in [6, 6.07) is 6.45. The highest BCUT2D eigenvalue weighted by atomic mass is 19.1. The van der Waals surface area contributed by atoms with E-state index in [0.717, 1.165) is 5.56 Å². The lowest BCUT2D eigenvalue weighted by atomic mass is 10.1. The lowest BCUT2D eigenvalue weighted by Crippen LogP contribution is -2.36. The normalized spacial score (nSPS) is 18.7. The number of para-hydroxylation sites is 1. The Balaban J connectivity index is 2.02. The first kappa shape index (κ1) is 11.7. The summed E-state index contributed by atoms with van der Waals surface area (Å²) in [6.45, 7) is 0.506. The third kappa shape index (κ3) is 1.95. The first-order valence-electron chi connectivity index (χ1n) is 5.99. The van der Waals surface area contributed by atoms with E-state index in [0.29, 0.717) is 18.2 Å². The van der Waals surface area contributed by atoms with Crippen molar-refractivity contribution in [2.75, 3.05) is 11.4 Å². The largest absolute Gasteiger partial charge is 0.369 e. The molecule has 1 aliphatic heterocycles. The summed E-state index contributed by atoms with van der Waals surface area (Å²) in [6.07, 6.45) is 3.65. The zero-order chi connectivity index (χ0) is 13.4. The molecule has 0 amide bonds. The number of hydrogen-bond donors (Lipinski definition) is 1. The number of nitrogens with zero attached hydrogens (tertiary/aromatic N) is 4. The second kappa shape index (κ2) is 4.38. The SMILES string of the molecule is Cn1cc(C2CN=C(N)N2c2ccccc2F)cn1. The summed E-state index contributed by atoms with van der Waals surface area (Å²) in [7, 11) is 1.84. The van der Waals surface area contributed by atoms with E-state index in [4.69, 9.17) is 5.73 Å². The average molecular weight is 259 g/mol. The summed E-state index contributed by atoms with van der Waals surface area (Å²) in [5.41, 5.74) is 7.30. The molecule has 2 aromatic rings. The van der Waals surface area contributed by atoms with E-state index < -0.39 is 0 Å². The molecular formula is C13H14FN5. The van der Waals surface area contributed by atoms with Gasteiger partial charge in [-0.15, -0.1) is 0 Å². The van der Waals surface area contributed by atoms with Gasteiger partial charge < -0.3 is 10.6 Å². The van der Waals surface area contributed by atoms with Crippen molar-refractivity contribution in [3.05, 3.63) is 48.0 Å². The number of hydrogen-bond acceptors (Lipinski definition) is 4. The summed E-state index contributed by atoms with van der Waals surface area (Å²) < 4.78 is 15.6. The fourth-order valence-corrected chi connectivity index (χ4v) is 2.30. The maximum absolute atomic E-state index is 13.9. The van der Waals surface area contributed by atoms with Gasteiger partial charge in [-0.2, -0.15) is 5.10 Å². The molecule has 0 radical (unpaired) electrons. The van der Waals surface area contributed by atoms with Gasteiger partial charge in [0.15, 0.2) is 5.96 Å². The van der Waals surface area contributed by atoms with E-state index >= 15 is 0 Å². The molecule has 1 unspecified atom stereocenters. The molecule has 1 aromatic heterocycles. The molecule has 0 aliphatic carbocycles. The van der Waals surface area contributed by atoms with Gasteiger partial charge in [-0.05, 0) is 12.1 Å². The first-order valence-corrected chi connectivity index (χ1v) is 5.99. The Bertz CT molecular complexity index is 633. The second-order valence-electron chi connectivity index (χ2n) is 4.48. The molecule has 0 bridgehead atoms. The fourth-order valence-electron chi connectivity index (χ4n) is 2.30. The molecule has 5 nitrogen and oxygen atoms in total. The molecule has 6 heteroatoms. The minimum Gasteiger partial charge on any atom is -0.369 e. The maximum atomic E-state index is 13.9. The molecule has 2 N–H and O–H groups in total. The Labute approximate surface area is 110 Å². The van der Waals surface area contributed by atoms with Gasteiger partial charge in [-0.1, -0.05) is 12.1 Å². The summed E-state index contributed by atoms with van der Waals surface area (Å²) in [4.78, 5) is 5.93. The Morgan fingerprint density at radius 1 is 1.37 bits per heavy atom. The van der Waals surface area contributed by atoms with Crippen LogP contribution in [-0.2, 0) is 7.05 Å². The van der Waals surface area contributed by atoms with Crippen molar-refractivity contribution in [2.24, 2.45) is 17.8 Å². The molecule has 0 saturated carbocycles. The van der Waals surface area contributed by atoms with Crippen LogP contribution in [0.5, 0.6) is 0 Å². The minimum atomic E-state index is -0.309. The van der Waals surface area contributed by atoms with E-state index in [9.17, 15) is 4.39 Å². The summed E-state index contributed by atoms with van der Waals surface area (Å²) >= 11 is 0. The molecule has 19 heavy (non-hydrogen) atoms. The Kier molecular flexibility index (Phi) is 2.70. The van der Waals surface area contributed by atoms with Crippen molar-refractivity contribution < 1.29 is 4.39 Å². The van der Waals surface area contributed by atoms with Gasteiger partial charge in [-0.25, -0.2) is 4.39 Å². The molecular weight excluding hydrogens is 245 g/mol.